The highest BCUT2D eigenvalue weighted by Crippen LogP contribution is 2.28. The van der Waals surface area contributed by atoms with Gasteiger partial charge in [-0.3, -0.25) is 4.90 Å². The van der Waals surface area contributed by atoms with E-state index < -0.39 is 0 Å². The van der Waals surface area contributed by atoms with Crippen LogP contribution in [0.1, 0.15) is 52.9 Å². The molecule has 1 saturated carbocycles. The molecule has 0 spiro atoms. The van der Waals surface area contributed by atoms with Gasteiger partial charge in [0.1, 0.15) is 0 Å². The van der Waals surface area contributed by atoms with Crippen LogP contribution in [0.2, 0.25) is 0 Å². The van der Waals surface area contributed by atoms with E-state index >= 15 is 0 Å². The summed E-state index contributed by atoms with van der Waals surface area (Å²) in [7, 11) is 0. The predicted molar refractivity (Wildman–Crippen MR) is 85.1 cm³/mol. The Morgan fingerprint density at radius 1 is 1.30 bits per heavy atom. The lowest BCUT2D eigenvalue weighted by Crippen LogP contribution is -2.56. The Morgan fingerprint density at radius 2 is 2.10 bits per heavy atom. The summed E-state index contributed by atoms with van der Waals surface area (Å²) in [6.07, 6.45) is 6.53. The first kappa shape index (κ1) is 16.3. The lowest BCUT2D eigenvalue weighted by atomic mass is 9.99. The third-order valence-corrected chi connectivity index (χ3v) is 4.63. The molecule has 3 heteroatoms. The second-order valence-electron chi connectivity index (χ2n) is 7.16. The average Bonchev–Trinajstić information content (AvgIpc) is 3.22. The number of piperazine rings is 1. The van der Waals surface area contributed by atoms with Crippen molar-refractivity contribution in [1.82, 2.24) is 10.2 Å². The predicted octanol–water partition coefficient (Wildman–Crippen LogP) is 2.90. The van der Waals surface area contributed by atoms with Crippen LogP contribution in [0.25, 0.3) is 0 Å². The first-order valence-electron chi connectivity index (χ1n) is 8.74. The molecule has 3 nitrogen and oxygen atoms in total. The molecule has 2 unspecified atom stereocenters. The third kappa shape index (κ3) is 5.71. The standard InChI is InChI=1S/C17H34N2O/c1-4-17-11-18-16(10-14(2)3)12-19(17)8-5-9-20-13-15-6-7-15/h14-18H,4-13H2,1-3H3. The molecule has 0 radical (unpaired) electrons. The molecule has 1 aliphatic carbocycles. The molecular weight excluding hydrogens is 248 g/mol. The smallest absolute Gasteiger partial charge is 0.0494 e. The SMILES string of the molecule is CCC1CNC(CC(C)C)CN1CCCOCC1CC1. The van der Waals surface area contributed by atoms with E-state index in [0.29, 0.717) is 6.04 Å². The van der Waals surface area contributed by atoms with Crippen molar-refractivity contribution in [2.24, 2.45) is 11.8 Å². The van der Waals surface area contributed by atoms with Crippen molar-refractivity contribution in [2.75, 3.05) is 32.8 Å². The Labute approximate surface area is 125 Å². The summed E-state index contributed by atoms with van der Waals surface area (Å²) in [5.74, 6) is 1.68. The topological polar surface area (TPSA) is 24.5 Å². The van der Waals surface area contributed by atoms with Crippen LogP contribution >= 0.6 is 0 Å². The van der Waals surface area contributed by atoms with Crippen LogP contribution in [0.4, 0.5) is 0 Å². The van der Waals surface area contributed by atoms with E-state index in [1.54, 1.807) is 0 Å². The maximum Gasteiger partial charge on any atom is 0.0494 e. The van der Waals surface area contributed by atoms with Crippen LogP contribution in [0.5, 0.6) is 0 Å². The summed E-state index contributed by atoms with van der Waals surface area (Å²) >= 11 is 0. The molecule has 0 bridgehead atoms. The van der Waals surface area contributed by atoms with Gasteiger partial charge in [-0.05, 0) is 43.9 Å². The molecule has 0 aromatic heterocycles. The highest BCUT2D eigenvalue weighted by atomic mass is 16.5. The first-order valence-corrected chi connectivity index (χ1v) is 8.74. The van der Waals surface area contributed by atoms with E-state index in [4.69, 9.17) is 4.74 Å². The fraction of sp³-hybridized carbons (Fsp3) is 1.00. The van der Waals surface area contributed by atoms with Gasteiger partial charge in [0.15, 0.2) is 0 Å². The van der Waals surface area contributed by atoms with Crippen LogP contribution in [0.15, 0.2) is 0 Å². The third-order valence-electron chi connectivity index (χ3n) is 4.63. The lowest BCUT2D eigenvalue weighted by Gasteiger charge is -2.40. The maximum atomic E-state index is 5.77. The fourth-order valence-electron chi connectivity index (χ4n) is 3.24. The highest BCUT2D eigenvalue weighted by molar-refractivity contribution is 4.85. The first-order chi connectivity index (χ1) is 9.69. The second kappa shape index (κ2) is 8.35. The summed E-state index contributed by atoms with van der Waals surface area (Å²) in [6, 6.07) is 1.41. The van der Waals surface area contributed by atoms with E-state index in [1.807, 2.05) is 0 Å². The molecule has 0 aromatic rings. The minimum absolute atomic E-state index is 0.685. The van der Waals surface area contributed by atoms with Crippen molar-refractivity contribution in [3.05, 3.63) is 0 Å². The number of nitrogens with zero attached hydrogens (tertiary/aromatic N) is 1. The molecular formula is C17H34N2O. The van der Waals surface area contributed by atoms with E-state index in [0.717, 1.165) is 37.6 Å². The van der Waals surface area contributed by atoms with Gasteiger partial charge in [-0.2, -0.15) is 0 Å². The van der Waals surface area contributed by atoms with Crippen LogP contribution in [-0.2, 0) is 4.74 Å². The molecule has 2 aliphatic rings. The summed E-state index contributed by atoms with van der Waals surface area (Å²) in [5, 5.41) is 3.73. The van der Waals surface area contributed by atoms with Crippen LogP contribution < -0.4 is 5.32 Å². The minimum atomic E-state index is 0.685. The molecule has 1 heterocycles. The molecule has 20 heavy (non-hydrogen) atoms. The number of ether oxygens (including phenoxy) is 1. The van der Waals surface area contributed by atoms with Crippen molar-refractivity contribution in [1.29, 1.82) is 0 Å². The van der Waals surface area contributed by atoms with Gasteiger partial charge >= 0.3 is 0 Å². The van der Waals surface area contributed by atoms with E-state index in [2.05, 4.69) is 31.0 Å². The molecule has 2 rings (SSSR count). The van der Waals surface area contributed by atoms with Gasteiger partial charge in [0.2, 0.25) is 0 Å². The molecule has 0 amide bonds. The zero-order chi connectivity index (χ0) is 14.4. The summed E-state index contributed by atoms with van der Waals surface area (Å²) < 4.78 is 5.77. The number of nitrogens with one attached hydrogen (secondary N) is 1. The zero-order valence-corrected chi connectivity index (χ0v) is 13.7. The molecule has 1 aliphatic heterocycles. The van der Waals surface area contributed by atoms with E-state index in [1.165, 1.54) is 45.2 Å². The second-order valence-corrected chi connectivity index (χ2v) is 7.16. The van der Waals surface area contributed by atoms with Gasteiger partial charge in [0, 0.05) is 44.9 Å². The summed E-state index contributed by atoms with van der Waals surface area (Å²) in [6.45, 7) is 12.5. The average molecular weight is 282 g/mol. The minimum Gasteiger partial charge on any atom is -0.381 e. The quantitative estimate of drug-likeness (QED) is 0.658. The highest BCUT2D eigenvalue weighted by Gasteiger charge is 2.26. The van der Waals surface area contributed by atoms with Gasteiger partial charge in [0.25, 0.3) is 0 Å². The Bertz CT molecular complexity index is 266. The summed E-state index contributed by atoms with van der Waals surface area (Å²) in [5.41, 5.74) is 0. The molecule has 1 saturated heterocycles. The molecule has 118 valence electrons. The zero-order valence-electron chi connectivity index (χ0n) is 13.7. The maximum absolute atomic E-state index is 5.77. The fourth-order valence-corrected chi connectivity index (χ4v) is 3.24. The van der Waals surface area contributed by atoms with E-state index in [-0.39, 0.29) is 0 Å². The van der Waals surface area contributed by atoms with Crippen LogP contribution in [0, 0.1) is 11.8 Å². The number of hydrogen-bond donors (Lipinski definition) is 1. The van der Waals surface area contributed by atoms with Crippen LogP contribution in [0.3, 0.4) is 0 Å². The Balaban J connectivity index is 1.64. The largest absolute Gasteiger partial charge is 0.381 e. The number of hydrogen-bond acceptors (Lipinski definition) is 3. The summed E-state index contributed by atoms with van der Waals surface area (Å²) in [4.78, 5) is 2.70. The number of rotatable bonds is 9. The van der Waals surface area contributed by atoms with Gasteiger partial charge in [-0.25, -0.2) is 0 Å². The molecule has 2 atom stereocenters. The van der Waals surface area contributed by atoms with Crippen LogP contribution in [-0.4, -0.2) is 49.8 Å². The van der Waals surface area contributed by atoms with Crippen molar-refractivity contribution in [3.63, 3.8) is 0 Å². The monoisotopic (exact) mass is 282 g/mol. The van der Waals surface area contributed by atoms with Gasteiger partial charge in [-0.1, -0.05) is 20.8 Å². The Morgan fingerprint density at radius 3 is 2.75 bits per heavy atom. The molecule has 0 aromatic carbocycles. The van der Waals surface area contributed by atoms with Crippen molar-refractivity contribution in [2.45, 2.75) is 65.0 Å². The molecule has 2 fully saturated rings. The lowest BCUT2D eigenvalue weighted by molar-refractivity contribution is 0.0836. The van der Waals surface area contributed by atoms with Gasteiger partial charge < -0.3 is 10.1 Å². The van der Waals surface area contributed by atoms with Crippen molar-refractivity contribution >= 4 is 0 Å². The van der Waals surface area contributed by atoms with Crippen molar-refractivity contribution in [3.8, 4) is 0 Å². The normalized spacial score (nSPS) is 28.2. The van der Waals surface area contributed by atoms with Gasteiger partial charge in [-0.15, -0.1) is 0 Å². The van der Waals surface area contributed by atoms with Gasteiger partial charge in [0.05, 0.1) is 0 Å². The Hall–Kier alpha value is -0.120. The molecule has 1 N–H and O–H groups in total. The Kier molecular flexibility index (Phi) is 6.79. The van der Waals surface area contributed by atoms with Crippen molar-refractivity contribution < 1.29 is 4.74 Å². The van der Waals surface area contributed by atoms with E-state index in [9.17, 15) is 0 Å².